The predicted molar refractivity (Wildman–Crippen MR) is 78.5 cm³/mol. The molecule has 3 N–H and O–H groups in total. The summed E-state index contributed by atoms with van der Waals surface area (Å²) in [7, 11) is 0. The number of benzene rings is 1. The van der Waals surface area contributed by atoms with Gasteiger partial charge in [0.25, 0.3) is 11.8 Å². The summed E-state index contributed by atoms with van der Waals surface area (Å²) in [5.41, 5.74) is 6.51. The predicted octanol–water partition coefficient (Wildman–Crippen LogP) is -0.355. The van der Waals surface area contributed by atoms with E-state index in [1.54, 1.807) is 24.3 Å². The van der Waals surface area contributed by atoms with Gasteiger partial charge in [0.1, 0.15) is 24.7 Å². The Labute approximate surface area is 126 Å². The molecule has 1 heterocycles. The minimum absolute atomic E-state index is 0.143. The summed E-state index contributed by atoms with van der Waals surface area (Å²) < 4.78 is 4.77. The van der Waals surface area contributed by atoms with Crippen LogP contribution in [-0.4, -0.2) is 47.4 Å². The molecular weight excluding hydrogens is 294 g/mol. The van der Waals surface area contributed by atoms with Gasteiger partial charge < -0.3 is 15.8 Å². The van der Waals surface area contributed by atoms with E-state index >= 15 is 0 Å². The van der Waals surface area contributed by atoms with Crippen molar-refractivity contribution in [3.05, 3.63) is 29.8 Å². The van der Waals surface area contributed by atoms with Crippen molar-refractivity contribution >= 4 is 40.6 Å². The van der Waals surface area contributed by atoms with Crippen LogP contribution in [0.25, 0.3) is 0 Å². The van der Waals surface area contributed by atoms with Crippen molar-refractivity contribution in [3.8, 4) is 0 Å². The van der Waals surface area contributed by atoms with Gasteiger partial charge in [0, 0.05) is 5.56 Å². The molecule has 7 nitrogen and oxygen atoms in total. The minimum atomic E-state index is -0.538. The lowest BCUT2D eigenvalue weighted by atomic mass is 10.2. The standard InChI is InChI=1S/C13H13N3O4S/c14-13(21)8-3-1-2-4-9(8)15-10(17)5-16-11(18)6-20-7-12(16)19/h1-4H,5-7H2,(H2,14,21)(H,15,17). The number of imide groups is 1. The van der Waals surface area contributed by atoms with Crippen molar-refractivity contribution in [3.63, 3.8) is 0 Å². The van der Waals surface area contributed by atoms with Crippen molar-refractivity contribution in [2.24, 2.45) is 5.73 Å². The van der Waals surface area contributed by atoms with Gasteiger partial charge in [-0.3, -0.25) is 19.3 Å². The molecule has 0 bridgehead atoms. The summed E-state index contributed by atoms with van der Waals surface area (Å²) >= 11 is 4.89. The zero-order valence-corrected chi connectivity index (χ0v) is 11.8. The summed E-state index contributed by atoms with van der Waals surface area (Å²) in [5, 5.41) is 2.59. The van der Waals surface area contributed by atoms with Crippen LogP contribution in [-0.2, 0) is 19.1 Å². The number of morpholine rings is 1. The highest BCUT2D eigenvalue weighted by Gasteiger charge is 2.28. The number of amides is 3. The number of hydrogen-bond donors (Lipinski definition) is 2. The van der Waals surface area contributed by atoms with Crippen molar-refractivity contribution < 1.29 is 19.1 Å². The van der Waals surface area contributed by atoms with Crippen LogP contribution in [0.5, 0.6) is 0 Å². The maximum Gasteiger partial charge on any atom is 0.255 e. The Morgan fingerprint density at radius 2 is 1.90 bits per heavy atom. The Kier molecular flexibility index (Phi) is 4.61. The molecule has 0 radical (unpaired) electrons. The number of ether oxygens (including phenoxy) is 1. The topological polar surface area (TPSA) is 102 Å². The van der Waals surface area contributed by atoms with Crippen LogP contribution in [0.4, 0.5) is 5.69 Å². The number of para-hydroxylation sites is 1. The SMILES string of the molecule is NC(=S)c1ccccc1NC(=O)CN1C(=O)COCC1=O. The van der Waals surface area contributed by atoms with E-state index in [2.05, 4.69) is 5.32 Å². The Morgan fingerprint density at radius 1 is 1.29 bits per heavy atom. The molecule has 1 aromatic carbocycles. The lowest BCUT2D eigenvalue weighted by molar-refractivity contribution is -0.159. The smallest absolute Gasteiger partial charge is 0.255 e. The highest BCUT2D eigenvalue weighted by molar-refractivity contribution is 7.80. The lowest BCUT2D eigenvalue weighted by Gasteiger charge is -2.24. The molecule has 0 saturated carbocycles. The van der Waals surface area contributed by atoms with E-state index in [0.717, 1.165) is 4.90 Å². The first kappa shape index (κ1) is 15.1. The van der Waals surface area contributed by atoms with E-state index in [-0.39, 0.29) is 24.7 Å². The second-order valence-electron chi connectivity index (χ2n) is 4.32. The van der Waals surface area contributed by atoms with Crippen molar-refractivity contribution in [2.45, 2.75) is 0 Å². The summed E-state index contributed by atoms with van der Waals surface area (Å²) in [6.07, 6.45) is 0. The molecule has 110 valence electrons. The summed E-state index contributed by atoms with van der Waals surface area (Å²) in [4.78, 5) is 36.0. The lowest BCUT2D eigenvalue weighted by Crippen LogP contribution is -2.49. The fourth-order valence-corrected chi connectivity index (χ4v) is 2.02. The molecule has 0 unspecified atom stereocenters. The van der Waals surface area contributed by atoms with Crippen LogP contribution < -0.4 is 11.1 Å². The Morgan fingerprint density at radius 3 is 2.52 bits per heavy atom. The van der Waals surface area contributed by atoms with Gasteiger partial charge in [0.05, 0.1) is 5.69 Å². The van der Waals surface area contributed by atoms with Gasteiger partial charge in [-0.05, 0) is 12.1 Å². The van der Waals surface area contributed by atoms with Gasteiger partial charge in [-0.2, -0.15) is 0 Å². The number of anilines is 1. The number of nitrogens with two attached hydrogens (primary N) is 1. The highest BCUT2D eigenvalue weighted by atomic mass is 32.1. The van der Waals surface area contributed by atoms with Crippen LogP contribution in [0.1, 0.15) is 5.56 Å². The molecule has 21 heavy (non-hydrogen) atoms. The van der Waals surface area contributed by atoms with Crippen molar-refractivity contribution in [1.29, 1.82) is 0 Å². The van der Waals surface area contributed by atoms with E-state index in [0.29, 0.717) is 11.3 Å². The molecular formula is C13H13N3O4S. The first-order chi connectivity index (χ1) is 9.99. The van der Waals surface area contributed by atoms with Crippen LogP contribution in [0, 0.1) is 0 Å². The zero-order chi connectivity index (χ0) is 15.4. The van der Waals surface area contributed by atoms with E-state index < -0.39 is 17.7 Å². The third-order valence-corrected chi connectivity index (χ3v) is 3.04. The van der Waals surface area contributed by atoms with E-state index in [9.17, 15) is 14.4 Å². The van der Waals surface area contributed by atoms with Gasteiger partial charge in [0.15, 0.2) is 0 Å². The van der Waals surface area contributed by atoms with Gasteiger partial charge in [-0.1, -0.05) is 24.4 Å². The van der Waals surface area contributed by atoms with Gasteiger partial charge in [-0.25, -0.2) is 0 Å². The number of carbonyl (C=O) groups excluding carboxylic acids is 3. The monoisotopic (exact) mass is 307 g/mol. The average molecular weight is 307 g/mol. The Bertz CT molecular complexity index is 601. The van der Waals surface area contributed by atoms with E-state index in [1.807, 2.05) is 0 Å². The number of thiocarbonyl (C=S) groups is 1. The molecule has 1 aliphatic rings. The quantitative estimate of drug-likeness (QED) is 0.582. The average Bonchev–Trinajstić information content (AvgIpc) is 2.43. The number of rotatable bonds is 4. The first-order valence-electron chi connectivity index (χ1n) is 6.08. The molecule has 0 aliphatic carbocycles. The summed E-state index contributed by atoms with van der Waals surface area (Å²) in [6.45, 7) is -0.780. The third-order valence-electron chi connectivity index (χ3n) is 2.82. The molecule has 2 rings (SSSR count). The zero-order valence-electron chi connectivity index (χ0n) is 11.0. The molecule has 1 fully saturated rings. The molecule has 3 amide bonds. The molecule has 0 aromatic heterocycles. The van der Waals surface area contributed by atoms with E-state index in [4.69, 9.17) is 22.7 Å². The maximum absolute atomic E-state index is 12.0. The summed E-state index contributed by atoms with van der Waals surface area (Å²) in [6, 6.07) is 6.75. The summed E-state index contributed by atoms with van der Waals surface area (Å²) in [5.74, 6) is -1.59. The van der Waals surface area contributed by atoms with Crippen LogP contribution in [0.15, 0.2) is 24.3 Å². The fourth-order valence-electron chi connectivity index (χ4n) is 1.84. The van der Waals surface area contributed by atoms with E-state index in [1.165, 1.54) is 0 Å². The normalized spacial score (nSPS) is 15.0. The number of nitrogens with zero attached hydrogens (tertiary/aromatic N) is 1. The fraction of sp³-hybridized carbons (Fsp3) is 0.231. The number of hydrogen-bond acceptors (Lipinski definition) is 5. The van der Waals surface area contributed by atoms with Gasteiger partial charge in [0.2, 0.25) is 5.91 Å². The highest BCUT2D eigenvalue weighted by Crippen LogP contribution is 2.15. The number of nitrogens with one attached hydrogen (secondary N) is 1. The second-order valence-corrected chi connectivity index (χ2v) is 4.76. The van der Waals surface area contributed by atoms with Gasteiger partial charge in [-0.15, -0.1) is 0 Å². The van der Waals surface area contributed by atoms with Crippen LogP contribution >= 0.6 is 12.2 Å². The number of carbonyl (C=O) groups is 3. The third kappa shape index (κ3) is 3.61. The minimum Gasteiger partial charge on any atom is -0.389 e. The molecule has 0 atom stereocenters. The molecule has 1 aliphatic heterocycles. The van der Waals surface area contributed by atoms with Crippen LogP contribution in [0.2, 0.25) is 0 Å². The van der Waals surface area contributed by atoms with Crippen molar-refractivity contribution in [1.82, 2.24) is 4.90 Å². The molecule has 0 spiro atoms. The largest absolute Gasteiger partial charge is 0.389 e. The second kappa shape index (κ2) is 6.42. The molecule has 1 aromatic rings. The molecule has 1 saturated heterocycles. The van der Waals surface area contributed by atoms with Crippen molar-refractivity contribution in [2.75, 3.05) is 25.1 Å². The molecule has 8 heteroatoms. The van der Waals surface area contributed by atoms with Crippen LogP contribution in [0.3, 0.4) is 0 Å². The van der Waals surface area contributed by atoms with Gasteiger partial charge >= 0.3 is 0 Å². The Balaban J connectivity index is 2.07. The Hall–Kier alpha value is -2.32. The first-order valence-corrected chi connectivity index (χ1v) is 6.49. The maximum atomic E-state index is 12.0.